The van der Waals surface area contributed by atoms with Gasteiger partial charge in [-0.25, -0.2) is 0 Å². The molecule has 0 heterocycles. The lowest BCUT2D eigenvalue weighted by molar-refractivity contribution is -0.386. The van der Waals surface area contributed by atoms with Crippen LogP contribution >= 0.6 is 0 Å². The highest BCUT2D eigenvalue weighted by molar-refractivity contribution is 5.81. The highest BCUT2D eigenvalue weighted by Crippen LogP contribution is 2.55. The van der Waals surface area contributed by atoms with Crippen molar-refractivity contribution in [2.24, 2.45) is 17.8 Å². The summed E-state index contributed by atoms with van der Waals surface area (Å²) in [5.41, 5.74) is -0.307. The highest BCUT2D eigenvalue weighted by atomic mass is 16.6. The van der Waals surface area contributed by atoms with Crippen LogP contribution in [0, 0.1) is 27.9 Å². The first-order valence-corrected chi connectivity index (χ1v) is 9.68. The lowest BCUT2D eigenvalue weighted by Crippen LogP contribution is -2.61. The van der Waals surface area contributed by atoms with Crippen molar-refractivity contribution in [1.29, 1.82) is 0 Å². The van der Waals surface area contributed by atoms with E-state index in [0.717, 1.165) is 37.0 Å². The van der Waals surface area contributed by atoms with Crippen LogP contribution in [-0.2, 0) is 4.79 Å². The third kappa shape index (κ3) is 3.47. The van der Waals surface area contributed by atoms with Crippen molar-refractivity contribution in [3.63, 3.8) is 0 Å². The third-order valence-electron chi connectivity index (χ3n) is 6.46. The predicted octanol–water partition coefficient (Wildman–Crippen LogP) is 3.46. The lowest BCUT2D eigenvalue weighted by atomic mass is 9.53. The zero-order chi connectivity index (χ0) is 19.2. The van der Waals surface area contributed by atoms with Gasteiger partial charge in [-0.1, -0.05) is 0 Å². The van der Waals surface area contributed by atoms with Gasteiger partial charge in [-0.05, 0) is 75.3 Å². The molecule has 0 radical (unpaired) electrons. The second kappa shape index (κ2) is 6.69. The Morgan fingerprint density at radius 2 is 1.81 bits per heavy atom. The monoisotopic (exact) mass is 374 g/mol. The van der Waals surface area contributed by atoms with Gasteiger partial charge in [0.1, 0.15) is 5.75 Å². The summed E-state index contributed by atoms with van der Waals surface area (Å²) in [6.07, 6.45) is 6.28. The minimum Gasteiger partial charge on any atom is -0.496 e. The quantitative estimate of drug-likeness (QED) is 0.608. The molecule has 7 heteroatoms. The molecule has 1 atom stereocenters. The first-order valence-electron chi connectivity index (χ1n) is 9.68. The van der Waals surface area contributed by atoms with Gasteiger partial charge in [-0.2, -0.15) is 0 Å². The summed E-state index contributed by atoms with van der Waals surface area (Å²) in [7, 11) is 1.45. The van der Waals surface area contributed by atoms with Gasteiger partial charge in [0.25, 0.3) is 5.91 Å². The molecule has 1 aromatic carbocycles. The van der Waals surface area contributed by atoms with Gasteiger partial charge in [-0.3, -0.25) is 14.9 Å². The standard InChI is InChI=1S/C20H26N2O5/c1-12(27-18-4-3-16(26-2)8-17(18)22(24)25)19(23)21-20-9-13-5-14(10-20)7-15(6-13)11-20/h3-4,8,12-15H,5-7,9-11H2,1-2H3,(H,21,23)/t12-,13?,14?,15?,20?/m0/s1. The number of nitrogens with zero attached hydrogens (tertiary/aromatic N) is 1. The number of carbonyl (C=O) groups excluding carboxylic acids is 1. The van der Waals surface area contributed by atoms with E-state index in [1.807, 2.05) is 0 Å². The molecule has 0 spiro atoms. The van der Waals surface area contributed by atoms with Gasteiger partial charge in [0.15, 0.2) is 11.9 Å². The van der Waals surface area contributed by atoms with Crippen LogP contribution in [0.3, 0.4) is 0 Å². The summed E-state index contributed by atoms with van der Waals surface area (Å²) in [5, 5.41) is 14.6. The van der Waals surface area contributed by atoms with Crippen LogP contribution in [0.25, 0.3) is 0 Å². The van der Waals surface area contributed by atoms with E-state index in [9.17, 15) is 14.9 Å². The maximum absolute atomic E-state index is 12.8. The molecule has 5 rings (SSSR count). The second-order valence-corrected chi connectivity index (χ2v) is 8.54. The van der Waals surface area contributed by atoms with Crippen LogP contribution in [0.15, 0.2) is 18.2 Å². The smallest absolute Gasteiger partial charge is 0.314 e. The Labute approximate surface area is 158 Å². The molecule has 0 saturated heterocycles. The fourth-order valence-corrected chi connectivity index (χ4v) is 5.74. The van der Waals surface area contributed by atoms with Crippen molar-refractivity contribution < 1.29 is 19.2 Å². The average molecular weight is 374 g/mol. The fourth-order valence-electron chi connectivity index (χ4n) is 5.74. The maximum atomic E-state index is 12.8. The molecule has 0 aliphatic heterocycles. The number of rotatable bonds is 6. The van der Waals surface area contributed by atoms with Crippen LogP contribution in [0.5, 0.6) is 11.5 Å². The van der Waals surface area contributed by atoms with E-state index < -0.39 is 11.0 Å². The lowest BCUT2D eigenvalue weighted by Gasteiger charge is -2.57. The van der Waals surface area contributed by atoms with Gasteiger partial charge >= 0.3 is 5.69 Å². The van der Waals surface area contributed by atoms with E-state index in [2.05, 4.69) is 5.32 Å². The molecule has 1 N–H and O–H groups in total. The number of nitrogens with one attached hydrogen (secondary N) is 1. The van der Waals surface area contributed by atoms with Crippen LogP contribution in [0.2, 0.25) is 0 Å². The van der Waals surface area contributed by atoms with Gasteiger partial charge in [0.2, 0.25) is 0 Å². The SMILES string of the molecule is COc1ccc(O[C@@H](C)C(=O)NC23CC4CC(CC(C4)C2)C3)c([N+](=O)[O-])c1. The number of nitro benzene ring substituents is 1. The summed E-state index contributed by atoms with van der Waals surface area (Å²) in [6, 6.07) is 4.37. The zero-order valence-electron chi connectivity index (χ0n) is 15.8. The first kappa shape index (κ1) is 18.1. The Morgan fingerprint density at radius 1 is 1.22 bits per heavy atom. The number of amides is 1. The van der Waals surface area contributed by atoms with E-state index in [-0.39, 0.29) is 22.9 Å². The summed E-state index contributed by atoms with van der Waals surface area (Å²) in [4.78, 5) is 23.6. The Balaban J connectivity index is 1.45. The number of hydrogen-bond donors (Lipinski definition) is 1. The van der Waals surface area contributed by atoms with Crippen molar-refractivity contribution in [1.82, 2.24) is 5.32 Å². The van der Waals surface area contributed by atoms with Crippen molar-refractivity contribution in [2.75, 3.05) is 7.11 Å². The summed E-state index contributed by atoms with van der Waals surface area (Å²) in [5.74, 6) is 2.46. The van der Waals surface area contributed by atoms with Crippen molar-refractivity contribution in [3.8, 4) is 11.5 Å². The highest BCUT2D eigenvalue weighted by Gasteiger charge is 2.51. The second-order valence-electron chi connectivity index (χ2n) is 8.54. The van der Waals surface area contributed by atoms with Crippen LogP contribution < -0.4 is 14.8 Å². The average Bonchev–Trinajstić information content (AvgIpc) is 2.60. The van der Waals surface area contributed by atoms with E-state index in [4.69, 9.17) is 9.47 Å². The Kier molecular flexibility index (Phi) is 4.48. The minimum absolute atomic E-state index is 0.0777. The normalized spacial score (nSPS) is 32.0. The van der Waals surface area contributed by atoms with E-state index in [1.165, 1.54) is 38.5 Å². The van der Waals surface area contributed by atoms with Crippen molar-refractivity contribution >= 4 is 11.6 Å². The third-order valence-corrected chi connectivity index (χ3v) is 6.46. The number of ether oxygens (including phenoxy) is 2. The molecule has 1 aromatic rings. The summed E-state index contributed by atoms with van der Waals surface area (Å²) >= 11 is 0. The van der Waals surface area contributed by atoms with Gasteiger partial charge in [-0.15, -0.1) is 0 Å². The number of methoxy groups -OCH3 is 1. The fraction of sp³-hybridized carbons (Fsp3) is 0.650. The zero-order valence-corrected chi connectivity index (χ0v) is 15.8. The van der Waals surface area contributed by atoms with E-state index in [1.54, 1.807) is 13.0 Å². The van der Waals surface area contributed by atoms with Crippen molar-refractivity contribution in [3.05, 3.63) is 28.3 Å². The van der Waals surface area contributed by atoms with Gasteiger partial charge < -0.3 is 14.8 Å². The van der Waals surface area contributed by atoms with Gasteiger partial charge in [0.05, 0.1) is 18.1 Å². The Bertz CT molecular complexity index is 727. The molecule has 27 heavy (non-hydrogen) atoms. The van der Waals surface area contributed by atoms with Gasteiger partial charge in [0, 0.05) is 5.54 Å². The largest absolute Gasteiger partial charge is 0.496 e. The molecular weight excluding hydrogens is 348 g/mol. The Hall–Kier alpha value is -2.31. The van der Waals surface area contributed by atoms with E-state index >= 15 is 0 Å². The topological polar surface area (TPSA) is 90.7 Å². The molecule has 0 aromatic heterocycles. The molecule has 4 fully saturated rings. The predicted molar refractivity (Wildman–Crippen MR) is 98.8 cm³/mol. The summed E-state index contributed by atoms with van der Waals surface area (Å²) < 4.78 is 10.7. The Morgan fingerprint density at radius 3 is 2.33 bits per heavy atom. The van der Waals surface area contributed by atoms with Crippen LogP contribution in [-0.4, -0.2) is 29.6 Å². The number of benzene rings is 1. The molecule has 4 aliphatic carbocycles. The number of hydrogen-bond acceptors (Lipinski definition) is 5. The molecule has 146 valence electrons. The first-order chi connectivity index (χ1) is 12.9. The number of carbonyl (C=O) groups is 1. The van der Waals surface area contributed by atoms with Crippen LogP contribution in [0.1, 0.15) is 45.4 Å². The van der Waals surface area contributed by atoms with Crippen molar-refractivity contribution in [2.45, 2.75) is 57.1 Å². The molecule has 4 saturated carbocycles. The summed E-state index contributed by atoms with van der Waals surface area (Å²) in [6.45, 7) is 1.64. The number of nitro groups is 1. The molecule has 4 aliphatic rings. The molecule has 7 nitrogen and oxygen atoms in total. The molecule has 0 unspecified atom stereocenters. The minimum atomic E-state index is -0.801. The molecule has 4 bridgehead atoms. The molecule has 1 amide bonds. The van der Waals surface area contributed by atoms with Crippen LogP contribution in [0.4, 0.5) is 5.69 Å². The molecular formula is C20H26N2O5. The van der Waals surface area contributed by atoms with E-state index in [0.29, 0.717) is 5.75 Å². The maximum Gasteiger partial charge on any atom is 0.314 e.